The summed E-state index contributed by atoms with van der Waals surface area (Å²) in [4.78, 5) is 31.0. The minimum atomic E-state index is -0.365. The number of carbonyl (C=O) groups excluding carboxylic acids is 1. The van der Waals surface area contributed by atoms with Gasteiger partial charge < -0.3 is 23.9 Å². The Balaban J connectivity index is 1.34. The number of ether oxygens (including phenoxy) is 3. The largest absolute Gasteiger partial charge is 0.496 e. The van der Waals surface area contributed by atoms with Crippen molar-refractivity contribution in [1.29, 1.82) is 0 Å². The van der Waals surface area contributed by atoms with Crippen molar-refractivity contribution in [2.45, 2.75) is 6.92 Å². The number of benzene rings is 4. The first-order chi connectivity index (χ1) is 22.3. The number of hydrogen-bond acceptors (Lipinski definition) is 8. The molecule has 0 fully saturated rings. The van der Waals surface area contributed by atoms with Gasteiger partial charge in [0.2, 0.25) is 5.82 Å². The van der Waals surface area contributed by atoms with Gasteiger partial charge >= 0.3 is 0 Å². The third kappa shape index (κ3) is 6.56. The minimum absolute atomic E-state index is 0.226. The standard InChI is InChI=1S/C34H26ClIN4O6/c1-3-44-29-16-20(15-25(36)32(29)45-19-31(41)38-22-13-11-21(35)12-14-22)18-37-40-33(39-26-8-5-4-7-23(26)34(40)42)30-17-24-27(43-2)9-6-10-28(24)46-30/h4-18H,3,19H2,1-2H3,(H,38,41). The van der Waals surface area contributed by atoms with E-state index in [0.717, 1.165) is 5.39 Å². The number of methoxy groups -OCH3 is 1. The predicted octanol–water partition coefficient (Wildman–Crippen LogP) is 7.37. The summed E-state index contributed by atoms with van der Waals surface area (Å²) < 4.78 is 25.2. The van der Waals surface area contributed by atoms with Crippen LogP contribution < -0.4 is 25.1 Å². The van der Waals surface area contributed by atoms with Crippen molar-refractivity contribution in [2.75, 3.05) is 25.6 Å². The fraction of sp³-hybridized carbons (Fsp3) is 0.118. The third-order valence-electron chi connectivity index (χ3n) is 6.85. The van der Waals surface area contributed by atoms with E-state index in [2.05, 4.69) is 33.0 Å². The highest BCUT2D eigenvalue weighted by Gasteiger charge is 2.19. The molecule has 0 atom stereocenters. The molecule has 0 saturated carbocycles. The zero-order valence-electron chi connectivity index (χ0n) is 24.6. The summed E-state index contributed by atoms with van der Waals surface area (Å²) >= 11 is 8.03. The Morgan fingerprint density at radius 2 is 1.83 bits per heavy atom. The summed E-state index contributed by atoms with van der Waals surface area (Å²) in [6.45, 7) is 1.97. The number of hydrogen-bond donors (Lipinski definition) is 1. The van der Waals surface area contributed by atoms with E-state index in [4.69, 9.17) is 35.2 Å². The van der Waals surface area contributed by atoms with Gasteiger partial charge in [-0.25, -0.2) is 4.98 Å². The predicted molar refractivity (Wildman–Crippen MR) is 187 cm³/mol. The first-order valence-electron chi connectivity index (χ1n) is 14.1. The first kappa shape index (κ1) is 31.1. The molecule has 0 aliphatic heterocycles. The Labute approximate surface area is 281 Å². The van der Waals surface area contributed by atoms with Gasteiger partial charge in [0.15, 0.2) is 23.9 Å². The normalized spacial score (nSPS) is 11.3. The maximum atomic E-state index is 13.7. The number of rotatable bonds is 10. The Bertz CT molecular complexity index is 2160. The maximum absolute atomic E-state index is 13.7. The van der Waals surface area contributed by atoms with E-state index in [-0.39, 0.29) is 23.9 Å². The van der Waals surface area contributed by atoms with Crippen LogP contribution in [0.1, 0.15) is 12.5 Å². The van der Waals surface area contributed by atoms with E-state index >= 15 is 0 Å². The molecule has 1 N–H and O–H groups in total. The summed E-state index contributed by atoms with van der Waals surface area (Å²) in [7, 11) is 1.58. The molecule has 2 heterocycles. The second-order valence-electron chi connectivity index (χ2n) is 9.90. The van der Waals surface area contributed by atoms with E-state index in [1.807, 2.05) is 37.3 Å². The van der Waals surface area contributed by atoms with E-state index in [0.29, 0.717) is 65.9 Å². The smallest absolute Gasteiger partial charge is 0.282 e. The first-order valence-corrected chi connectivity index (χ1v) is 15.6. The van der Waals surface area contributed by atoms with Crippen molar-refractivity contribution in [3.63, 3.8) is 0 Å². The number of nitrogens with one attached hydrogen (secondary N) is 1. The van der Waals surface area contributed by atoms with Gasteiger partial charge in [-0.3, -0.25) is 9.59 Å². The van der Waals surface area contributed by atoms with Crippen LogP contribution in [-0.4, -0.2) is 42.1 Å². The van der Waals surface area contributed by atoms with E-state index in [1.165, 1.54) is 10.9 Å². The van der Waals surface area contributed by atoms with Crippen LogP contribution in [0.3, 0.4) is 0 Å². The minimum Gasteiger partial charge on any atom is -0.496 e. The van der Waals surface area contributed by atoms with Crippen molar-refractivity contribution in [3.05, 3.63) is 109 Å². The number of fused-ring (bicyclic) bond motifs is 2. The number of halogens is 2. The van der Waals surface area contributed by atoms with Crippen molar-refractivity contribution in [3.8, 4) is 28.8 Å². The van der Waals surface area contributed by atoms with E-state index in [9.17, 15) is 9.59 Å². The number of anilines is 1. The molecule has 2 aromatic heterocycles. The molecule has 0 bridgehead atoms. The van der Waals surface area contributed by atoms with Gasteiger partial charge in [0.25, 0.3) is 11.5 Å². The van der Waals surface area contributed by atoms with Crippen molar-refractivity contribution < 1.29 is 23.4 Å². The Kier molecular flexibility index (Phi) is 9.22. The molecule has 0 saturated heterocycles. The van der Waals surface area contributed by atoms with Gasteiger partial charge in [-0.15, -0.1) is 0 Å². The number of furan rings is 1. The lowest BCUT2D eigenvalue weighted by Gasteiger charge is -2.15. The monoisotopic (exact) mass is 748 g/mol. The number of aromatic nitrogens is 2. The molecule has 4 aromatic carbocycles. The summed E-state index contributed by atoms with van der Waals surface area (Å²) in [5, 5.41) is 9.06. The second-order valence-corrected chi connectivity index (χ2v) is 11.5. The number of amides is 1. The molecule has 46 heavy (non-hydrogen) atoms. The average molecular weight is 749 g/mol. The van der Waals surface area contributed by atoms with Gasteiger partial charge in [-0.05, 0) is 102 Å². The van der Waals surface area contributed by atoms with Gasteiger partial charge in [-0.2, -0.15) is 9.78 Å². The fourth-order valence-electron chi connectivity index (χ4n) is 4.77. The van der Waals surface area contributed by atoms with Crippen LogP contribution in [-0.2, 0) is 4.79 Å². The Morgan fingerprint density at radius 1 is 1.02 bits per heavy atom. The van der Waals surface area contributed by atoms with Crippen LogP contribution in [0, 0.1) is 3.57 Å². The highest BCUT2D eigenvalue weighted by molar-refractivity contribution is 14.1. The fourth-order valence-corrected chi connectivity index (χ4v) is 5.68. The van der Waals surface area contributed by atoms with E-state index < -0.39 is 0 Å². The average Bonchev–Trinajstić information content (AvgIpc) is 3.50. The quantitative estimate of drug-likeness (QED) is 0.115. The van der Waals surface area contributed by atoms with Gasteiger partial charge in [0.05, 0.1) is 39.8 Å². The summed E-state index contributed by atoms with van der Waals surface area (Å²) in [5.41, 5.74) is 1.96. The van der Waals surface area contributed by atoms with Gasteiger partial charge in [0, 0.05) is 10.7 Å². The highest BCUT2D eigenvalue weighted by Crippen LogP contribution is 2.35. The van der Waals surface area contributed by atoms with Crippen LogP contribution in [0.15, 0.2) is 99.2 Å². The number of para-hydroxylation sites is 1. The molecule has 10 nitrogen and oxygen atoms in total. The zero-order chi connectivity index (χ0) is 32.2. The van der Waals surface area contributed by atoms with Gasteiger partial charge in [-0.1, -0.05) is 29.8 Å². The van der Waals surface area contributed by atoms with Crippen LogP contribution in [0.5, 0.6) is 17.2 Å². The number of nitrogens with zero attached hydrogens (tertiary/aromatic N) is 3. The zero-order valence-corrected chi connectivity index (χ0v) is 27.5. The lowest BCUT2D eigenvalue weighted by molar-refractivity contribution is -0.118. The molecule has 6 aromatic rings. The highest BCUT2D eigenvalue weighted by atomic mass is 127. The molecular weight excluding hydrogens is 723 g/mol. The van der Waals surface area contributed by atoms with Crippen molar-refractivity contribution >= 4 is 73.9 Å². The summed E-state index contributed by atoms with van der Waals surface area (Å²) in [6, 6.07) is 24.6. The molecule has 0 unspecified atom stereocenters. The lowest BCUT2D eigenvalue weighted by atomic mass is 10.2. The molecule has 0 radical (unpaired) electrons. The molecule has 6 rings (SSSR count). The van der Waals surface area contributed by atoms with Crippen LogP contribution in [0.2, 0.25) is 5.02 Å². The van der Waals surface area contributed by atoms with E-state index in [1.54, 1.807) is 61.7 Å². The lowest BCUT2D eigenvalue weighted by Crippen LogP contribution is -2.21. The molecule has 12 heteroatoms. The van der Waals surface area contributed by atoms with Crippen molar-refractivity contribution in [2.24, 2.45) is 5.10 Å². The molecule has 232 valence electrons. The summed E-state index contributed by atoms with van der Waals surface area (Å²) in [6.07, 6.45) is 1.53. The molecule has 0 spiro atoms. The topological polar surface area (TPSA) is 117 Å². The Morgan fingerprint density at radius 3 is 2.61 bits per heavy atom. The third-order valence-corrected chi connectivity index (χ3v) is 7.90. The molecule has 1 amide bonds. The van der Waals surface area contributed by atoms with Crippen molar-refractivity contribution in [1.82, 2.24) is 9.66 Å². The Hall–Kier alpha value is -4.88. The van der Waals surface area contributed by atoms with Gasteiger partial charge in [0.1, 0.15) is 11.3 Å². The van der Waals surface area contributed by atoms with Crippen LogP contribution in [0.25, 0.3) is 33.5 Å². The number of carbonyl (C=O) groups is 1. The molecular formula is C34H26ClIN4O6. The maximum Gasteiger partial charge on any atom is 0.282 e. The summed E-state index contributed by atoms with van der Waals surface area (Å²) in [5.74, 6) is 1.70. The SMILES string of the molecule is CCOc1cc(C=Nn2c(-c3cc4c(OC)cccc4o3)nc3ccccc3c2=O)cc(I)c1OCC(=O)Nc1ccc(Cl)cc1. The second kappa shape index (κ2) is 13.6. The molecule has 0 aliphatic carbocycles. The van der Waals surface area contributed by atoms with Crippen LogP contribution >= 0.6 is 34.2 Å². The van der Waals surface area contributed by atoms with Crippen LogP contribution in [0.4, 0.5) is 5.69 Å². The molecule has 0 aliphatic rings.